The first-order valence-corrected chi connectivity index (χ1v) is 9.18. The fourth-order valence-electron chi connectivity index (χ4n) is 2.65. The van der Waals surface area contributed by atoms with E-state index in [9.17, 15) is 4.79 Å². The van der Waals surface area contributed by atoms with E-state index in [1.165, 1.54) is 4.70 Å². The fourth-order valence-corrected chi connectivity index (χ4v) is 3.68. The van der Waals surface area contributed by atoms with E-state index in [0.717, 1.165) is 27.3 Å². The molecule has 1 heterocycles. The summed E-state index contributed by atoms with van der Waals surface area (Å²) in [6.07, 6.45) is 0. The van der Waals surface area contributed by atoms with Crippen molar-refractivity contribution >= 4 is 33.1 Å². The number of carbonyl (C=O) groups is 1. The topological polar surface area (TPSA) is 45.2 Å². The molecule has 130 valence electrons. The molecule has 2 aromatic carbocycles. The summed E-state index contributed by atoms with van der Waals surface area (Å²) in [6, 6.07) is 14.0. The van der Waals surface area contributed by atoms with Crippen LogP contribution in [0.2, 0.25) is 0 Å². The Bertz CT molecular complexity index is 870. The average Bonchev–Trinajstić information content (AvgIpc) is 2.99. The number of anilines is 1. The number of hydrogen-bond donors (Lipinski definition) is 1. The third-order valence-corrected chi connectivity index (χ3v) is 5.44. The number of thiazole rings is 1. The van der Waals surface area contributed by atoms with Gasteiger partial charge in [0.2, 0.25) is 5.91 Å². The molecule has 1 atom stereocenters. The van der Waals surface area contributed by atoms with Gasteiger partial charge in [-0.25, -0.2) is 4.98 Å². The quantitative estimate of drug-likeness (QED) is 0.741. The second kappa shape index (κ2) is 7.33. The molecule has 0 fully saturated rings. The molecule has 1 aromatic heterocycles. The molecule has 0 spiro atoms. The van der Waals surface area contributed by atoms with Crippen molar-refractivity contribution < 1.29 is 4.79 Å². The van der Waals surface area contributed by atoms with E-state index in [0.29, 0.717) is 6.54 Å². The zero-order valence-electron chi connectivity index (χ0n) is 15.0. The molecule has 0 aliphatic heterocycles. The summed E-state index contributed by atoms with van der Waals surface area (Å²) in [6.45, 7) is 6.61. The van der Waals surface area contributed by atoms with Gasteiger partial charge in [-0.05, 0) is 57.1 Å². The van der Waals surface area contributed by atoms with E-state index in [1.54, 1.807) is 11.3 Å². The molecule has 3 aromatic rings. The maximum atomic E-state index is 12.6. The number of hydrogen-bond acceptors (Lipinski definition) is 4. The molecule has 0 bridgehead atoms. The molecule has 5 heteroatoms. The number of aromatic nitrogens is 1. The molecule has 3 rings (SSSR count). The van der Waals surface area contributed by atoms with E-state index in [2.05, 4.69) is 16.4 Å². The van der Waals surface area contributed by atoms with Crippen molar-refractivity contribution in [2.24, 2.45) is 0 Å². The van der Waals surface area contributed by atoms with E-state index in [4.69, 9.17) is 0 Å². The summed E-state index contributed by atoms with van der Waals surface area (Å²) in [5.74, 6) is -0.00249. The van der Waals surface area contributed by atoms with Gasteiger partial charge in [-0.2, -0.15) is 0 Å². The van der Waals surface area contributed by atoms with Gasteiger partial charge in [0, 0.05) is 5.69 Å². The highest BCUT2D eigenvalue weighted by atomic mass is 32.1. The van der Waals surface area contributed by atoms with E-state index in [-0.39, 0.29) is 11.9 Å². The van der Waals surface area contributed by atoms with Gasteiger partial charge in [0.1, 0.15) is 5.01 Å². The molecular weight excluding hydrogens is 330 g/mol. The van der Waals surface area contributed by atoms with Gasteiger partial charge in [0.15, 0.2) is 0 Å². The van der Waals surface area contributed by atoms with Crippen molar-refractivity contribution in [3.8, 4) is 0 Å². The molecule has 0 unspecified atom stereocenters. The summed E-state index contributed by atoms with van der Waals surface area (Å²) in [5, 5.41) is 4.07. The van der Waals surface area contributed by atoms with Crippen molar-refractivity contribution in [1.82, 2.24) is 9.88 Å². The maximum Gasteiger partial charge on any atom is 0.241 e. The molecule has 0 aliphatic carbocycles. The van der Waals surface area contributed by atoms with Crippen LogP contribution in [0.1, 0.15) is 23.1 Å². The Morgan fingerprint density at radius 1 is 1.24 bits per heavy atom. The molecule has 1 N–H and O–H groups in total. The molecule has 4 nitrogen and oxygen atoms in total. The lowest BCUT2D eigenvalue weighted by Gasteiger charge is -2.23. The number of rotatable bonds is 5. The van der Waals surface area contributed by atoms with Crippen LogP contribution in [-0.2, 0) is 11.3 Å². The summed E-state index contributed by atoms with van der Waals surface area (Å²) in [4.78, 5) is 19.3. The highest BCUT2D eigenvalue weighted by Crippen LogP contribution is 2.23. The summed E-state index contributed by atoms with van der Waals surface area (Å²) < 4.78 is 1.18. The lowest BCUT2D eigenvalue weighted by molar-refractivity contribution is -0.120. The van der Waals surface area contributed by atoms with Crippen LogP contribution < -0.4 is 5.32 Å². The number of nitrogens with one attached hydrogen (secondary N) is 1. The number of nitrogens with zero attached hydrogens (tertiary/aromatic N) is 2. The number of amides is 1. The zero-order chi connectivity index (χ0) is 18.0. The molecule has 1 amide bonds. The van der Waals surface area contributed by atoms with Crippen LogP contribution in [0.25, 0.3) is 10.2 Å². The number of carbonyl (C=O) groups excluding carboxylic acids is 1. The molecule has 0 radical (unpaired) electrons. The largest absolute Gasteiger partial charge is 0.324 e. The van der Waals surface area contributed by atoms with Gasteiger partial charge in [-0.15, -0.1) is 11.3 Å². The molecular formula is C20H23N3OS. The normalized spacial score (nSPS) is 12.5. The number of aryl methyl sites for hydroxylation is 2. The van der Waals surface area contributed by atoms with E-state index >= 15 is 0 Å². The monoisotopic (exact) mass is 353 g/mol. The van der Waals surface area contributed by atoms with Crippen molar-refractivity contribution in [2.45, 2.75) is 33.4 Å². The first kappa shape index (κ1) is 17.6. The lowest BCUT2D eigenvalue weighted by Crippen LogP contribution is -2.39. The van der Waals surface area contributed by atoms with E-state index < -0.39 is 0 Å². The fraction of sp³-hybridized carbons (Fsp3) is 0.300. The average molecular weight is 353 g/mol. The van der Waals surface area contributed by atoms with Crippen molar-refractivity contribution in [2.75, 3.05) is 12.4 Å². The first-order chi connectivity index (χ1) is 11.9. The van der Waals surface area contributed by atoms with Crippen molar-refractivity contribution in [1.29, 1.82) is 0 Å². The van der Waals surface area contributed by atoms with Gasteiger partial charge in [-0.3, -0.25) is 9.69 Å². The lowest BCUT2D eigenvalue weighted by atomic mass is 10.1. The Morgan fingerprint density at radius 3 is 2.76 bits per heavy atom. The van der Waals surface area contributed by atoms with Crippen LogP contribution in [0.5, 0.6) is 0 Å². The van der Waals surface area contributed by atoms with Crippen LogP contribution in [0.15, 0.2) is 42.5 Å². The van der Waals surface area contributed by atoms with Gasteiger partial charge >= 0.3 is 0 Å². The summed E-state index contributed by atoms with van der Waals surface area (Å²) >= 11 is 1.68. The second-order valence-electron chi connectivity index (χ2n) is 6.47. The number of benzene rings is 2. The zero-order valence-corrected chi connectivity index (χ0v) is 15.9. The van der Waals surface area contributed by atoms with Gasteiger partial charge in [-0.1, -0.05) is 24.3 Å². The Balaban J connectivity index is 1.67. The minimum absolute atomic E-state index is 0.00249. The number of likely N-dealkylation sites (N-methyl/N-ethyl adjacent to an activating group) is 1. The third kappa shape index (κ3) is 4.06. The van der Waals surface area contributed by atoms with Crippen LogP contribution in [0.4, 0.5) is 5.69 Å². The predicted octanol–water partition coefficient (Wildman–Crippen LogP) is 4.37. The predicted molar refractivity (Wildman–Crippen MR) is 105 cm³/mol. The minimum Gasteiger partial charge on any atom is -0.324 e. The van der Waals surface area contributed by atoms with Gasteiger partial charge in [0.25, 0.3) is 0 Å². The Kier molecular flexibility index (Phi) is 5.16. The third-order valence-electron chi connectivity index (χ3n) is 4.41. The summed E-state index contributed by atoms with van der Waals surface area (Å²) in [5.41, 5.74) is 4.10. The minimum atomic E-state index is -0.244. The molecule has 25 heavy (non-hydrogen) atoms. The smallest absolute Gasteiger partial charge is 0.241 e. The van der Waals surface area contributed by atoms with Crippen molar-refractivity contribution in [3.05, 3.63) is 58.6 Å². The van der Waals surface area contributed by atoms with Crippen LogP contribution in [0, 0.1) is 13.8 Å². The van der Waals surface area contributed by atoms with Crippen molar-refractivity contribution in [3.63, 3.8) is 0 Å². The number of fused-ring (bicyclic) bond motifs is 1. The second-order valence-corrected chi connectivity index (χ2v) is 7.59. The Hall–Kier alpha value is -2.24. The Labute approximate surface area is 152 Å². The molecule has 0 aliphatic rings. The molecule has 0 saturated carbocycles. The molecule has 0 saturated heterocycles. The van der Waals surface area contributed by atoms with Gasteiger partial charge in [0.05, 0.1) is 22.8 Å². The Morgan fingerprint density at radius 2 is 2.00 bits per heavy atom. The maximum absolute atomic E-state index is 12.6. The number of para-hydroxylation sites is 1. The van der Waals surface area contributed by atoms with Gasteiger partial charge < -0.3 is 5.32 Å². The van der Waals surface area contributed by atoms with Crippen LogP contribution in [0.3, 0.4) is 0 Å². The van der Waals surface area contributed by atoms with Crippen LogP contribution >= 0.6 is 11.3 Å². The highest BCUT2D eigenvalue weighted by Gasteiger charge is 2.20. The highest BCUT2D eigenvalue weighted by molar-refractivity contribution is 7.18. The first-order valence-electron chi connectivity index (χ1n) is 8.37. The van der Waals surface area contributed by atoms with E-state index in [1.807, 2.05) is 69.1 Å². The SMILES string of the molecule is Cc1ccc(C)c(NC(=O)[C@H](C)N(C)Cc2nc3ccccc3s2)c1. The standard InChI is InChI=1S/C20H23N3OS/c1-13-9-10-14(2)17(11-13)22-20(24)15(3)23(4)12-19-21-16-7-5-6-8-18(16)25-19/h5-11,15H,12H2,1-4H3,(H,22,24)/t15-/m0/s1. The van der Waals surface area contributed by atoms with Crippen LogP contribution in [-0.4, -0.2) is 28.9 Å². The summed E-state index contributed by atoms with van der Waals surface area (Å²) in [7, 11) is 1.96.